The molecule has 2 aromatic carbocycles. The minimum absolute atomic E-state index is 0.227. The molecule has 1 saturated heterocycles. The second-order valence-electron chi connectivity index (χ2n) is 6.74. The molecule has 27 heavy (non-hydrogen) atoms. The molecule has 2 aliphatic rings. The van der Waals surface area contributed by atoms with Crippen LogP contribution in [0.4, 0.5) is 0 Å². The molecule has 0 aromatic heterocycles. The summed E-state index contributed by atoms with van der Waals surface area (Å²) in [5, 5.41) is 0. The maximum absolute atomic E-state index is 13.5. The topological polar surface area (TPSA) is 55.8 Å². The van der Waals surface area contributed by atoms with E-state index in [4.69, 9.17) is 9.47 Å². The van der Waals surface area contributed by atoms with E-state index in [9.17, 15) is 9.59 Å². The Bertz CT molecular complexity index is 878. The first-order valence-electron chi connectivity index (χ1n) is 9.09. The van der Waals surface area contributed by atoms with Crippen molar-refractivity contribution in [3.05, 3.63) is 83.6 Å². The molecule has 2 atom stereocenters. The number of benzene rings is 2. The fraction of sp³-hybridized carbons (Fsp3) is 0.273. The van der Waals surface area contributed by atoms with Gasteiger partial charge in [-0.2, -0.15) is 0 Å². The Balaban J connectivity index is 1.72. The standard InChI is InChI=1S/C22H21NO4/c1-2-26-21(25)22(13-16-9-5-3-6-10-16)14-18-15-27-19(23(18)20(22)24)17-11-7-4-8-12-17/h3-12,14,19H,2,13,15H2,1H3/t19-,22-/m1/s1. The molecule has 0 bridgehead atoms. The molecule has 2 aromatic rings. The largest absolute Gasteiger partial charge is 0.465 e. The van der Waals surface area contributed by atoms with Crippen LogP contribution >= 0.6 is 0 Å². The number of hydrogen-bond donors (Lipinski definition) is 0. The van der Waals surface area contributed by atoms with Crippen molar-refractivity contribution in [2.24, 2.45) is 5.41 Å². The summed E-state index contributed by atoms with van der Waals surface area (Å²) in [6.45, 7) is 2.27. The third-order valence-corrected chi connectivity index (χ3v) is 5.00. The summed E-state index contributed by atoms with van der Waals surface area (Å²) in [7, 11) is 0. The summed E-state index contributed by atoms with van der Waals surface area (Å²) in [6.07, 6.45) is 1.49. The van der Waals surface area contributed by atoms with Crippen molar-refractivity contribution in [3.8, 4) is 0 Å². The zero-order chi connectivity index (χ0) is 18.9. The van der Waals surface area contributed by atoms with Gasteiger partial charge >= 0.3 is 5.97 Å². The number of carbonyl (C=O) groups is 2. The first-order valence-corrected chi connectivity index (χ1v) is 9.09. The Morgan fingerprint density at radius 1 is 1.15 bits per heavy atom. The molecular weight excluding hydrogens is 342 g/mol. The molecular formula is C22H21NO4. The molecule has 1 amide bonds. The van der Waals surface area contributed by atoms with Gasteiger partial charge in [-0.25, -0.2) is 0 Å². The fourth-order valence-corrected chi connectivity index (χ4v) is 3.75. The predicted octanol–water partition coefficient (Wildman–Crippen LogP) is 3.23. The monoisotopic (exact) mass is 363 g/mol. The van der Waals surface area contributed by atoms with E-state index in [-0.39, 0.29) is 18.9 Å². The zero-order valence-corrected chi connectivity index (χ0v) is 15.1. The second-order valence-corrected chi connectivity index (χ2v) is 6.74. The molecule has 0 aliphatic carbocycles. The molecule has 5 heteroatoms. The van der Waals surface area contributed by atoms with E-state index >= 15 is 0 Å². The van der Waals surface area contributed by atoms with Gasteiger partial charge in [-0.1, -0.05) is 60.7 Å². The number of fused-ring (bicyclic) bond motifs is 1. The van der Waals surface area contributed by atoms with Crippen molar-refractivity contribution < 1.29 is 19.1 Å². The molecule has 0 spiro atoms. The third kappa shape index (κ3) is 2.94. The number of esters is 1. The number of amides is 1. The van der Waals surface area contributed by atoms with Crippen molar-refractivity contribution in [1.29, 1.82) is 0 Å². The van der Waals surface area contributed by atoms with Gasteiger partial charge in [0.2, 0.25) is 0 Å². The smallest absolute Gasteiger partial charge is 0.326 e. The van der Waals surface area contributed by atoms with E-state index in [0.717, 1.165) is 16.8 Å². The van der Waals surface area contributed by atoms with E-state index in [2.05, 4.69) is 0 Å². The number of hydrogen-bond acceptors (Lipinski definition) is 4. The summed E-state index contributed by atoms with van der Waals surface area (Å²) in [5.41, 5.74) is 1.17. The molecule has 0 radical (unpaired) electrons. The Morgan fingerprint density at radius 3 is 2.48 bits per heavy atom. The van der Waals surface area contributed by atoms with Crippen LogP contribution in [-0.4, -0.2) is 30.0 Å². The molecule has 138 valence electrons. The van der Waals surface area contributed by atoms with E-state index in [1.54, 1.807) is 17.9 Å². The SMILES string of the molecule is CCOC(=O)[C@]1(Cc2ccccc2)C=C2CO[C@H](c3ccccc3)N2C1=O. The number of ether oxygens (including phenoxy) is 2. The Labute approximate surface area is 158 Å². The highest BCUT2D eigenvalue weighted by Gasteiger charge is 2.57. The first kappa shape index (κ1) is 17.5. The van der Waals surface area contributed by atoms with E-state index in [0.29, 0.717) is 6.61 Å². The number of nitrogens with zero attached hydrogens (tertiary/aromatic N) is 1. The van der Waals surface area contributed by atoms with Crippen LogP contribution in [0.25, 0.3) is 0 Å². The van der Waals surface area contributed by atoms with Gasteiger partial charge in [0.25, 0.3) is 5.91 Å². The van der Waals surface area contributed by atoms with Crippen LogP contribution in [0.1, 0.15) is 24.3 Å². The van der Waals surface area contributed by atoms with Gasteiger partial charge in [0, 0.05) is 17.7 Å². The summed E-state index contributed by atoms with van der Waals surface area (Å²) in [6, 6.07) is 19.1. The summed E-state index contributed by atoms with van der Waals surface area (Å²) in [5.74, 6) is -0.793. The molecule has 2 heterocycles. The Kier molecular flexibility index (Phi) is 4.54. The average Bonchev–Trinajstić information content (AvgIpc) is 3.22. The van der Waals surface area contributed by atoms with Crippen LogP contribution < -0.4 is 0 Å². The minimum Gasteiger partial charge on any atom is -0.465 e. The van der Waals surface area contributed by atoms with Gasteiger partial charge < -0.3 is 9.47 Å². The molecule has 2 aliphatic heterocycles. The number of carbonyl (C=O) groups excluding carboxylic acids is 2. The predicted molar refractivity (Wildman–Crippen MR) is 99.3 cm³/mol. The van der Waals surface area contributed by atoms with Crippen LogP contribution in [0.5, 0.6) is 0 Å². The Morgan fingerprint density at radius 2 is 1.81 bits per heavy atom. The number of rotatable bonds is 5. The van der Waals surface area contributed by atoms with Crippen molar-refractivity contribution in [2.45, 2.75) is 19.6 Å². The van der Waals surface area contributed by atoms with Crippen LogP contribution in [0.15, 0.2) is 72.4 Å². The van der Waals surface area contributed by atoms with Crippen molar-refractivity contribution >= 4 is 11.9 Å². The van der Waals surface area contributed by atoms with Crippen molar-refractivity contribution in [1.82, 2.24) is 4.90 Å². The van der Waals surface area contributed by atoms with Gasteiger partial charge in [-0.3, -0.25) is 14.5 Å². The average molecular weight is 363 g/mol. The molecule has 0 N–H and O–H groups in total. The lowest BCUT2D eigenvalue weighted by molar-refractivity contribution is -0.161. The maximum Gasteiger partial charge on any atom is 0.326 e. The van der Waals surface area contributed by atoms with Crippen LogP contribution in [-0.2, 0) is 25.5 Å². The van der Waals surface area contributed by atoms with E-state index in [1.807, 2.05) is 60.7 Å². The van der Waals surface area contributed by atoms with Gasteiger partial charge in [-0.15, -0.1) is 0 Å². The minimum atomic E-state index is -1.34. The van der Waals surface area contributed by atoms with Gasteiger partial charge in [0.05, 0.1) is 13.2 Å². The highest BCUT2D eigenvalue weighted by molar-refractivity contribution is 6.08. The van der Waals surface area contributed by atoms with Crippen LogP contribution in [0, 0.1) is 5.41 Å². The van der Waals surface area contributed by atoms with Gasteiger partial charge in [0.1, 0.15) is 0 Å². The highest BCUT2D eigenvalue weighted by atomic mass is 16.5. The van der Waals surface area contributed by atoms with Crippen LogP contribution in [0.2, 0.25) is 0 Å². The Hall–Kier alpha value is -2.92. The lowest BCUT2D eigenvalue weighted by Gasteiger charge is -2.28. The summed E-state index contributed by atoms with van der Waals surface area (Å²) in [4.78, 5) is 28.0. The van der Waals surface area contributed by atoms with Gasteiger partial charge in [-0.05, 0) is 18.6 Å². The lowest BCUT2D eigenvalue weighted by atomic mass is 9.81. The molecule has 1 fully saturated rings. The summed E-state index contributed by atoms with van der Waals surface area (Å²) >= 11 is 0. The molecule has 5 nitrogen and oxygen atoms in total. The first-order chi connectivity index (χ1) is 13.2. The van der Waals surface area contributed by atoms with E-state index in [1.165, 1.54) is 0 Å². The summed E-state index contributed by atoms with van der Waals surface area (Å²) < 4.78 is 11.2. The van der Waals surface area contributed by atoms with E-state index < -0.39 is 17.6 Å². The van der Waals surface area contributed by atoms with Crippen molar-refractivity contribution in [2.75, 3.05) is 13.2 Å². The van der Waals surface area contributed by atoms with Crippen molar-refractivity contribution in [3.63, 3.8) is 0 Å². The molecule has 4 rings (SSSR count). The van der Waals surface area contributed by atoms with Gasteiger partial charge in [0.15, 0.2) is 11.6 Å². The maximum atomic E-state index is 13.5. The molecule has 0 unspecified atom stereocenters. The second kappa shape index (κ2) is 7.00. The quantitative estimate of drug-likeness (QED) is 0.605. The fourth-order valence-electron chi connectivity index (χ4n) is 3.75. The highest BCUT2D eigenvalue weighted by Crippen LogP contribution is 2.45. The lowest BCUT2D eigenvalue weighted by Crippen LogP contribution is -2.44. The molecule has 0 saturated carbocycles. The van der Waals surface area contributed by atoms with Crippen LogP contribution in [0.3, 0.4) is 0 Å². The normalized spacial score (nSPS) is 23.9. The zero-order valence-electron chi connectivity index (χ0n) is 15.1. The third-order valence-electron chi connectivity index (χ3n) is 5.00.